The van der Waals surface area contributed by atoms with Crippen molar-refractivity contribution in [3.05, 3.63) is 0 Å². The molecule has 0 spiro atoms. The van der Waals surface area contributed by atoms with Crippen LogP contribution in [0.5, 0.6) is 0 Å². The summed E-state index contributed by atoms with van der Waals surface area (Å²) in [6.07, 6.45) is -0.218. The van der Waals surface area contributed by atoms with Crippen LogP contribution in [-0.4, -0.2) is 70.3 Å². The molecule has 1 rings (SSSR count). The van der Waals surface area contributed by atoms with Crippen LogP contribution in [0.15, 0.2) is 0 Å². The van der Waals surface area contributed by atoms with E-state index in [0.717, 1.165) is 38.5 Å². The Morgan fingerprint density at radius 2 is 1.62 bits per heavy atom. The van der Waals surface area contributed by atoms with Crippen molar-refractivity contribution < 1.29 is 34.7 Å². The molecule has 1 saturated heterocycles. The van der Waals surface area contributed by atoms with Gasteiger partial charge in [-0.05, 0) is 12.8 Å². The highest BCUT2D eigenvalue weighted by atomic mass is 16.7. The Hall–Kier alpha value is -0.810. The number of aliphatic hydroxyl groups is 4. The van der Waals surface area contributed by atoms with E-state index >= 15 is 0 Å². The van der Waals surface area contributed by atoms with Gasteiger partial charge in [-0.1, -0.05) is 25.7 Å². The van der Waals surface area contributed by atoms with Crippen molar-refractivity contribution in [1.29, 1.82) is 0 Å². The van der Waals surface area contributed by atoms with Gasteiger partial charge in [0.15, 0.2) is 6.29 Å². The number of rotatable bonds is 11. The number of unbranched alkanes of at least 4 members (excludes halogenated alkanes) is 5. The minimum Gasteiger partial charge on any atom is -0.394 e. The fourth-order valence-corrected chi connectivity index (χ4v) is 2.57. The van der Waals surface area contributed by atoms with Crippen molar-refractivity contribution in [1.82, 2.24) is 5.43 Å². The van der Waals surface area contributed by atoms with Crippen LogP contribution in [-0.2, 0) is 14.3 Å². The van der Waals surface area contributed by atoms with Crippen LogP contribution in [0.3, 0.4) is 0 Å². The Balaban J connectivity index is 2.07. The molecule has 0 saturated carbocycles. The van der Waals surface area contributed by atoms with Crippen LogP contribution in [0.25, 0.3) is 0 Å². The number of nitrogens with two attached hydrogens (primary N) is 1. The number of aliphatic hydroxyl groups excluding tert-OH is 4. The van der Waals surface area contributed by atoms with Crippen LogP contribution >= 0.6 is 0 Å². The molecule has 1 aliphatic heterocycles. The first-order chi connectivity index (χ1) is 11.5. The van der Waals surface area contributed by atoms with E-state index in [0.29, 0.717) is 13.0 Å². The van der Waals surface area contributed by atoms with Crippen LogP contribution in [0, 0.1) is 0 Å². The number of carbonyl (C=O) groups excluding carboxylic acids is 1. The normalized spacial score (nSPS) is 30.3. The van der Waals surface area contributed by atoms with E-state index in [-0.39, 0.29) is 5.91 Å². The highest BCUT2D eigenvalue weighted by molar-refractivity contribution is 5.74. The summed E-state index contributed by atoms with van der Waals surface area (Å²) in [5.74, 6) is 4.84. The summed E-state index contributed by atoms with van der Waals surface area (Å²) in [6.45, 7) is -0.120. The van der Waals surface area contributed by atoms with E-state index in [4.69, 9.17) is 20.4 Å². The first-order valence-corrected chi connectivity index (χ1v) is 8.42. The molecule has 0 unspecified atom stereocenters. The minimum absolute atomic E-state index is 0.150. The second-order valence-corrected chi connectivity index (χ2v) is 6.01. The largest absolute Gasteiger partial charge is 0.394 e. The van der Waals surface area contributed by atoms with Crippen molar-refractivity contribution in [2.75, 3.05) is 13.2 Å². The minimum atomic E-state index is -1.41. The lowest BCUT2D eigenvalue weighted by Crippen LogP contribution is -2.59. The average Bonchev–Trinajstić information content (AvgIpc) is 2.59. The molecule has 9 heteroatoms. The molecule has 0 bridgehead atoms. The fourth-order valence-electron chi connectivity index (χ4n) is 2.57. The third-order valence-electron chi connectivity index (χ3n) is 4.09. The Kier molecular flexibility index (Phi) is 10.3. The second-order valence-electron chi connectivity index (χ2n) is 6.01. The molecule has 7 N–H and O–H groups in total. The third kappa shape index (κ3) is 6.98. The zero-order chi connectivity index (χ0) is 17.9. The molecule has 5 atom stereocenters. The quantitative estimate of drug-likeness (QED) is 0.114. The summed E-state index contributed by atoms with van der Waals surface area (Å²) in [5.41, 5.74) is 2.09. The number of carbonyl (C=O) groups is 1. The number of amides is 1. The van der Waals surface area contributed by atoms with E-state index in [1.807, 2.05) is 0 Å². The van der Waals surface area contributed by atoms with E-state index in [9.17, 15) is 20.1 Å². The van der Waals surface area contributed by atoms with Crippen molar-refractivity contribution in [3.8, 4) is 0 Å². The molecule has 1 aliphatic rings. The molecule has 24 heavy (non-hydrogen) atoms. The summed E-state index contributed by atoms with van der Waals surface area (Å²) in [6, 6.07) is 0. The van der Waals surface area contributed by atoms with E-state index < -0.39 is 37.3 Å². The third-order valence-corrected chi connectivity index (χ3v) is 4.09. The standard InChI is InChI=1S/C15H30N2O7/c16-17-11(19)7-5-3-1-2-4-6-8-23-15-14(22)13(21)12(20)10(9-18)24-15/h10,12-15,18,20-22H,1-9,16H2,(H,17,19)/t10-,12+,13+,14-,15-/m1/s1. The Morgan fingerprint density at radius 3 is 2.25 bits per heavy atom. The van der Waals surface area contributed by atoms with Gasteiger partial charge in [0.05, 0.1) is 6.61 Å². The first kappa shape index (κ1) is 21.2. The van der Waals surface area contributed by atoms with Crippen LogP contribution in [0.2, 0.25) is 0 Å². The van der Waals surface area contributed by atoms with Gasteiger partial charge < -0.3 is 29.9 Å². The van der Waals surface area contributed by atoms with Crippen molar-refractivity contribution >= 4 is 5.91 Å². The van der Waals surface area contributed by atoms with Gasteiger partial charge in [0.1, 0.15) is 24.4 Å². The van der Waals surface area contributed by atoms with Crippen molar-refractivity contribution in [2.45, 2.75) is 75.7 Å². The Bertz CT molecular complexity index is 357. The number of hydrogen-bond donors (Lipinski definition) is 6. The lowest BCUT2D eigenvalue weighted by Gasteiger charge is -2.39. The van der Waals surface area contributed by atoms with E-state index in [1.54, 1.807) is 0 Å². The summed E-state index contributed by atoms with van der Waals surface area (Å²) in [5, 5.41) is 38.2. The molecule has 142 valence electrons. The van der Waals surface area contributed by atoms with Crippen molar-refractivity contribution in [2.24, 2.45) is 5.84 Å². The average molecular weight is 350 g/mol. The first-order valence-electron chi connectivity index (χ1n) is 8.42. The molecule has 9 nitrogen and oxygen atoms in total. The molecule has 0 aromatic carbocycles. The van der Waals surface area contributed by atoms with Gasteiger partial charge in [-0.25, -0.2) is 5.84 Å². The lowest BCUT2D eigenvalue weighted by molar-refractivity contribution is -0.301. The summed E-state index contributed by atoms with van der Waals surface area (Å²) in [7, 11) is 0. The summed E-state index contributed by atoms with van der Waals surface area (Å²) in [4.78, 5) is 10.9. The lowest BCUT2D eigenvalue weighted by atomic mass is 9.99. The number of hydrazine groups is 1. The molecular formula is C15H30N2O7. The van der Waals surface area contributed by atoms with Gasteiger partial charge in [-0.3, -0.25) is 10.2 Å². The molecule has 0 radical (unpaired) electrons. The van der Waals surface area contributed by atoms with E-state index in [1.165, 1.54) is 0 Å². The van der Waals surface area contributed by atoms with Crippen molar-refractivity contribution in [3.63, 3.8) is 0 Å². The molecule has 1 heterocycles. The monoisotopic (exact) mass is 350 g/mol. The highest BCUT2D eigenvalue weighted by Crippen LogP contribution is 2.22. The number of nitrogens with one attached hydrogen (secondary N) is 1. The highest BCUT2D eigenvalue weighted by Gasteiger charge is 2.43. The Morgan fingerprint density at radius 1 is 1.00 bits per heavy atom. The zero-order valence-electron chi connectivity index (χ0n) is 13.8. The predicted octanol–water partition coefficient (Wildman–Crippen LogP) is -1.48. The number of hydrogen-bond acceptors (Lipinski definition) is 8. The second kappa shape index (κ2) is 11.7. The summed E-state index contributed by atoms with van der Waals surface area (Å²) < 4.78 is 10.6. The van der Waals surface area contributed by atoms with Crippen LogP contribution < -0.4 is 11.3 Å². The van der Waals surface area contributed by atoms with Gasteiger partial charge in [0, 0.05) is 13.0 Å². The predicted molar refractivity (Wildman–Crippen MR) is 84.4 cm³/mol. The Labute approximate surface area is 141 Å². The molecule has 0 aliphatic carbocycles. The van der Waals surface area contributed by atoms with Gasteiger partial charge in [-0.2, -0.15) is 0 Å². The molecular weight excluding hydrogens is 320 g/mol. The van der Waals surface area contributed by atoms with E-state index in [2.05, 4.69) is 5.43 Å². The molecule has 0 aromatic heterocycles. The smallest absolute Gasteiger partial charge is 0.233 e. The maximum absolute atomic E-state index is 10.9. The molecule has 1 fully saturated rings. The maximum atomic E-state index is 10.9. The summed E-state index contributed by atoms with van der Waals surface area (Å²) >= 11 is 0. The molecule has 0 aromatic rings. The fraction of sp³-hybridized carbons (Fsp3) is 0.933. The molecule has 1 amide bonds. The number of ether oxygens (including phenoxy) is 2. The van der Waals surface area contributed by atoms with Gasteiger partial charge >= 0.3 is 0 Å². The SMILES string of the molecule is NNC(=O)CCCCCCCCO[C@@H]1O[C@H](CO)[C@H](O)[C@H](O)[C@H]1O. The topological polar surface area (TPSA) is 154 Å². The zero-order valence-corrected chi connectivity index (χ0v) is 13.8. The maximum Gasteiger partial charge on any atom is 0.233 e. The van der Waals surface area contributed by atoms with Gasteiger partial charge in [0.25, 0.3) is 0 Å². The van der Waals surface area contributed by atoms with Gasteiger partial charge in [0.2, 0.25) is 5.91 Å². The van der Waals surface area contributed by atoms with Crippen LogP contribution in [0.1, 0.15) is 44.9 Å². The van der Waals surface area contributed by atoms with Gasteiger partial charge in [-0.15, -0.1) is 0 Å². The van der Waals surface area contributed by atoms with Crippen LogP contribution in [0.4, 0.5) is 0 Å².